The van der Waals surface area contributed by atoms with Crippen LogP contribution in [0, 0.1) is 0 Å². The number of hydrogen-bond acceptors (Lipinski definition) is 7. The van der Waals surface area contributed by atoms with Gasteiger partial charge in [-0.3, -0.25) is 4.79 Å². The molecule has 188 valence electrons. The number of benzene rings is 2. The molecule has 0 spiro atoms. The minimum Gasteiger partial charge on any atom is -0.495 e. The van der Waals surface area contributed by atoms with E-state index in [4.69, 9.17) is 27.2 Å². The molecule has 1 saturated heterocycles. The Hall–Kier alpha value is -4.15. The molecule has 1 aliphatic rings. The van der Waals surface area contributed by atoms with E-state index in [9.17, 15) is 4.79 Å². The molecular formula is C26H25ClN8O2. The molecule has 1 aliphatic heterocycles. The maximum atomic E-state index is 13.0. The van der Waals surface area contributed by atoms with Crippen molar-refractivity contribution in [2.75, 3.05) is 31.2 Å². The SMILES string of the molecule is COc1cc(-c2nn(C3CCNCC3)c3ncnc(N)c23)ccc1NC(=O)c1cc2cc(Cl)ccc2[nH]1. The number of piperidine rings is 1. The van der Waals surface area contributed by atoms with Crippen molar-refractivity contribution in [1.29, 1.82) is 0 Å². The van der Waals surface area contributed by atoms with Gasteiger partial charge >= 0.3 is 0 Å². The van der Waals surface area contributed by atoms with Gasteiger partial charge in [-0.25, -0.2) is 14.6 Å². The normalized spacial score (nSPS) is 14.3. The number of hydrogen-bond donors (Lipinski definition) is 4. The lowest BCUT2D eigenvalue weighted by Crippen LogP contribution is -2.30. The summed E-state index contributed by atoms with van der Waals surface area (Å²) >= 11 is 6.08. The van der Waals surface area contributed by atoms with E-state index in [0.717, 1.165) is 42.4 Å². The Morgan fingerprint density at radius 1 is 1.16 bits per heavy atom. The summed E-state index contributed by atoms with van der Waals surface area (Å²) < 4.78 is 7.60. The quantitative estimate of drug-likeness (QED) is 0.272. The second-order valence-electron chi connectivity index (χ2n) is 9.02. The average Bonchev–Trinajstić information content (AvgIpc) is 3.52. The third-order valence-corrected chi connectivity index (χ3v) is 6.96. The van der Waals surface area contributed by atoms with E-state index in [0.29, 0.717) is 44.7 Å². The van der Waals surface area contributed by atoms with Crippen LogP contribution in [0.2, 0.25) is 5.02 Å². The van der Waals surface area contributed by atoms with Crippen molar-refractivity contribution < 1.29 is 9.53 Å². The molecule has 37 heavy (non-hydrogen) atoms. The topological polar surface area (TPSA) is 136 Å². The number of carbonyl (C=O) groups is 1. The van der Waals surface area contributed by atoms with E-state index in [1.165, 1.54) is 6.33 Å². The van der Waals surface area contributed by atoms with Gasteiger partial charge in [0.1, 0.15) is 29.3 Å². The molecule has 2 aromatic carbocycles. The number of carbonyl (C=O) groups excluding carboxylic acids is 1. The van der Waals surface area contributed by atoms with E-state index in [1.54, 1.807) is 25.3 Å². The predicted octanol–water partition coefficient (Wildman–Crippen LogP) is 4.40. The van der Waals surface area contributed by atoms with Gasteiger partial charge in [-0.15, -0.1) is 0 Å². The Labute approximate surface area is 217 Å². The van der Waals surface area contributed by atoms with E-state index in [2.05, 4.69) is 25.6 Å². The first-order valence-corrected chi connectivity index (χ1v) is 12.4. The minimum absolute atomic E-state index is 0.221. The molecule has 1 amide bonds. The number of nitrogen functional groups attached to an aromatic ring is 1. The van der Waals surface area contributed by atoms with Crippen LogP contribution in [0.15, 0.2) is 48.8 Å². The zero-order valence-corrected chi connectivity index (χ0v) is 20.8. The fourth-order valence-corrected chi connectivity index (χ4v) is 5.04. The van der Waals surface area contributed by atoms with Gasteiger partial charge in [0.05, 0.1) is 24.2 Å². The highest BCUT2D eigenvalue weighted by Gasteiger charge is 2.24. The first-order valence-electron chi connectivity index (χ1n) is 12.0. The Morgan fingerprint density at radius 2 is 2.00 bits per heavy atom. The van der Waals surface area contributed by atoms with E-state index in [-0.39, 0.29) is 11.9 Å². The van der Waals surface area contributed by atoms with E-state index < -0.39 is 0 Å². The van der Waals surface area contributed by atoms with Crippen LogP contribution in [0.1, 0.15) is 29.4 Å². The van der Waals surface area contributed by atoms with Crippen molar-refractivity contribution in [1.82, 2.24) is 30.0 Å². The standard InChI is InChI=1S/C26H25ClN8O2/c1-37-21-12-14(2-4-19(21)33-26(36)20-11-15-10-16(27)3-5-18(15)32-20)23-22-24(28)30-13-31-25(22)35(34-23)17-6-8-29-9-7-17/h2-5,10-13,17,29,32H,6-9H2,1H3,(H,33,36)(H2,28,30,31). The zero-order chi connectivity index (χ0) is 25.5. The highest BCUT2D eigenvalue weighted by Crippen LogP contribution is 2.37. The number of amides is 1. The van der Waals surface area contributed by atoms with Gasteiger partial charge in [0, 0.05) is 21.5 Å². The maximum Gasteiger partial charge on any atom is 0.272 e. The van der Waals surface area contributed by atoms with Crippen LogP contribution in [0.5, 0.6) is 5.75 Å². The zero-order valence-electron chi connectivity index (χ0n) is 20.1. The lowest BCUT2D eigenvalue weighted by Gasteiger charge is -2.23. The Morgan fingerprint density at radius 3 is 2.81 bits per heavy atom. The van der Waals surface area contributed by atoms with Crippen molar-refractivity contribution in [3.05, 3.63) is 59.5 Å². The highest BCUT2D eigenvalue weighted by atomic mass is 35.5. The molecule has 0 radical (unpaired) electrons. The number of H-pyrrole nitrogens is 1. The number of methoxy groups -OCH3 is 1. The molecule has 5 N–H and O–H groups in total. The second-order valence-corrected chi connectivity index (χ2v) is 9.45. The van der Waals surface area contributed by atoms with Crippen LogP contribution >= 0.6 is 11.6 Å². The first kappa shape index (κ1) is 23.3. The van der Waals surface area contributed by atoms with Gasteiger partial charge in [-0.2, -0.15) is 5.10 Å². The molecular weight excluding hydrogens is 492 g/mol. The summed E-state index contributed by atoms with van der Waals surface area (Å²) in [6.45, 7) is 1.85. The third kappa shape index (κ3) is 4.24. The molecule has 4 heterocycles. The molecule has 0 atom stereocenters. The molecule has 0 bridgehead atoms. The van der Waals surface area contributed by atoms with Crippen LogP contribution in [0.25, 0.3) is 33.2 Å². The number of anilines is 2. The molecule has 6 rings (SSSR count). The van der Waals surface area contributed by atoms with Crippen molar-refractivity contribution in [2.45, 2.75) is 18.9 Å². The number of nitrogens with zero attached hydrogens (tertiary/aromatic N) is 4. The predicted molar refractivity (Wildman–Crippen MR) is 144 cm³/mol. The van der Waals surface area contributed by atoms with E-state index in [1.807, 2.05) is 28.9 Å². The number of rotatable bonds is 5. The molecule has 1 fully saturated rings. The number of halogens is 1. The number of aromatic amines is 1. The van der Waals surface area contributed by atoms with Gasteiger partial charge < -0.3 is 26.1 Å². The minimum atomic E-state index is -0.295. The second kappa shape index (κ2) is 9.38. The van der Waals surface area contributed by atoms with Crippen molar-refractivity contribution >= 4 is 50.9 Å². The fourth-order valence-electron chi connectivity index (χ4n) is 4.86. The van der Waals surface area contributed by atoms with Crippen LogP contribution in [0.4, 0.5) is 11.5 Å². The highest BCUT2D eigenvalue weighted by molar-refractivity contribution is 6.31. The number of nitrogens with one attached hydrogen (secondary N) is 3. The monoisotopic (exact) mass is 516 g/mol. The summed E-state index contributed by atoms with van der Waals surface area (Å²) in [4.78, 5) is 24.8. The third-order valence-electron chi connectivity index (χ3n) is 6.72. The summed E-state index contributed by atoms with van der Waals surface area (Å²) in [7, 11) is 1.56. The molecule has 0 aliphatic carbocycles. The average molecular weight is 517 g/mol. The van der Waals surface area contributed by atoms with E-state index >= 15 is 0 Å². The molecule has 0 unspecified atom stereocenters. The van der Waals surface area contributed by atoms with Crippen LogP contribution in [-0.4, -0.2) is 50.8 Å². The van der Waals surface area contributed by atoms with Gasteiger partial charge in [0.15, 0.2) is 5.65 Å². The maximum absolute atomic E-state index is 13.0. The molecule has 5 aromatic rings. The smallest absolute Gasteiger partial charge is 0.272 e. The van der Waals surface area contributed by atoms with Gasteiger partial charge in [-0.05, 0) is 62.3 Å². The van der Waals surface area contributed by atoms with Gasteiger partial charge in [0.2, 0.25) is 0 Å². The summed E-state index contributed by atoms with van der Waals surface area (Å²) in [6, 6.07) is 12.9. The molecule has 3 aromatic heterocycles. The number of aromatic nitrogens is 5. The Kier molecular flexibility index (Phi) is 5.90. The summed E-state index contributed by atoms with van der Waals surface area (Å²) in [6.07, 6.45) is 3.38. The van der Waals surface area contributed by atoms with Gasteiger partial charge in [0.25, 0.3) is 5.91 Å². The summed E-state index contributed by atoms with van der Waals surface area (Å²) in [5, 5.41) is 13.4. The van der Waals surface area contributed by atoms with Crippen molar-refractivity contribution in [3.63, 3.8) is 0 Å². The summed E-state index contributed by atoms with van der Waals surface area (Å²) in [5.74, 6) is 0.567. The van der Waals surface area contributed by atoms with Crippen LogP contribution < -0.4 is 21.1 Å². The number of nitrogens with two attached hydrogens (primary N) is 1. The molecule has 10 nitrogen and oxygen atoms in total. The first-order chi connectivity index (χ1) is 18.0. The lowest BCUT2D eigenvalue weighted by molar-refractivity contribution is 0.102. The van der Waals surface area contributed by atoms with Gasteiger partial charge in [-0.1, -0.05) is 17.7 Å². The summed E-state index contributed by atoms with van der Waals surface area (Å²) in [5.41, 5.74) is 10.2. The molecule has 11 heteroatoms. The number of fused-ring (bicyclic) bond motifs is 2. The Balaban J connectivity index is 1.35. The Bertz CT molecular complexity index is 1640. The van der Waals surface area contributed by atoms with Crippen molar-refractivity contribution in [3.8, 4) is 17.0 Å². The lowest BCUT2D eigenvalue weighted by atomic mass is 10.1. The molecule has 0 saturated carbocycles. The largest absolute Gasteiger partial charge is 0.495 e. The fraction of sp³-hybridized carbons (Fsp3) is 0.231. The number of ether oxygens (including phenoxy) is 1. The van der Waals surface area contributed by atoms with Crippen LogP contribution in [0.3, 0.4) is 0 Å². The van der Waals surface area contributed by atoms with Crippen molar-refractivity contribution in [2.24, 2.45) is 0 Å². The van der Waals surface area contributed by atoms with Crippen LogP contribution in [-0.2, 0) is 0 Å².